The van der Waals surface area contributed by atoms with E-state index in [1.54, 1.807) is 0 Å². The van der Waals surface area contributed by atoms with Gasteiger partial charge in [0, 0.05) is 6.61 Å². The van der Waals surface area contributed by atoms with Crippen molar-refractivity contribution in [2.75, 3.05) is 6.61 Å². The summed E-state index contributed by atoms with van der Waals surface area (Å²) in [5, 5.41) is 9.62. The molecule has 2 nitrogen and oxygen atoms in total. The van der Waals surface area contributed by atoms with Crippen molar-refractivity contribution in [1.29, 1.82) is 0 Å². The highest BCUT2D eigenvalue weighted by molar-refractivity contribution is 4.85. The lowest BCUT2D eigenvalue weighted by atomic mass is 9.89. The average molecular weight is 158 g/mol. The highest BCUT2D eigenvalue weighted by atomic mass is 16.5. The van der Waals surface area contributed by atoms with Gasteiger partial charge in [0.25, 0.3) is 0 Å². The van der Waals surface area contributed by atoms with Crippen LogP contribution in [-0.4, -0.2) is 23.4 Å². The third-order valence-electron chi connectivity index (χ3n) is 2.59. The summed E-state index contributed by atoms with van der Waals surface area (Å²) in [4.78, 5) is 0. The average Bonchev–Trinajstić information content (AvgIpc) is 2.04. The molecule has 0 aliphatic carbocycles. The Balaban J connectivity index is 2.49. The number of ether oxygens (including phenoxy) is 1. The van der Waals surface area contributed by atoms with Gasteiger partial charge in [0.15, 0.2) is 0 Å². The molecule has 2 unspecified atom stereocenters. The number of hydrogen-bond acceptors (Lipinski definition) is 2. The fourth-order valence-electron chi connectivity index (χ4n) is 1.65. The van der Waals surface area contributed by atoms with Crippen LogP contribution in [0.4, 0.5) is 0 Å². The molecule has 0 saturated carbocycles. The zero-order chi connectivity index (χ0) is 8.32. The summed E-state index contributed by atoms with van der Waals surface area (Å²) in [5.74, 6) is 0. The van der Waals surface area contributed by atoms with Gasteiger partial charge in [0.2, 0.25) is 0 Å². The van der Waals surface area contributed by atoms with Gasteiger partial charge in [-0.2, -0.15) is 0 Å². The standard InChI is InChI=1S/C9H18O2/c1-3-8(10)9(2)6-4-5-7-11-9/h8,10H,3-7H2,1-2H3. The quantitative estimate of drug-likeness (QED) is 0.663. The molecule has 11 heavy (non-hydrogen) atoms. The molecular formula is C9H18O2. The van der Waals surface area contributed by atoms with Gasteiger partial charge < -0.3 is 9.84 Å². The fraction of sp³-hybridized carbons (Fsp3) is 1.00. The molecule has 1 saturated heterocycles. The summed E-state index contributed by atoms with van der Waals surface area (Å²) in [7, 11) is 0. The summed E-state index contributed by atoms with van der Waals surface area (Å²) in [6.07, 6.45) is 3.83. The van der Waals surface area contributed by atoms with Gasteiger partial charge in [-0.3, -0.25) is 0 Å². The molecule has 1 aliphatic heterocycles. The predicted octanol–water partition coefficient (Wildman–Crippen LogP) is 1.72. The second kappa shape index (κ2) is 3.55. The molecule has 0 aromatic carbocycles. The van der Waals surface area contributed by atoms with E-state index in [4.69, 9.17) is 4.74 Å². The van der Waals surface area contributed by atoms with Crippen molar-refractivity contribution in [2.45, 2.75) is 51.2 Å². The van der Waals surface area contributed by atoms with Gasteiger partial charge in [-0.25, -0.2) is 0 Å². The summed E-state index contributed by atoms with van der Waals surface area (Å²) in [6, 6.07) is 0. The first-order valence-corrected chi connectivity index (χ1v) is 4.51. The van der Waals surface area contributed by atoms with Crippen LogP contribution in [0.3, 0.4) is 0 Å². The van der Waals surface area contributed by atoms with E-state index < -0.39 is 0 Å². The molecule has 2 atom stereocenters. The summed E-state index contributed by atoms with van der Waals surface area (Å²) < 4.78 is 5.57. The molecule has 66 valence electrons. The second-order valence-corrected chi connectivity index (χ2v) is 3.54. The van der Waals surface area contributed by atoms with Gasteiger partial charge in [0.1, 0.15) is 0 Å². The summed E-state index contributed by atoms with van der Waals surface area (Å²) >= 11 is 0. The molecule has 0 aromatic heterocycles. The molecule has 1 rings (SSSR count). The van der Waals surface area contributed by atoms with Crippen LogP contribution in [0, 0.1) is 0 Å². The van der Waals surface area contributed by atoms with E-state index in [9.17, 15) is 5.11 Å². The van der Waals surface area contributed by atoms with E-state index in [2.05, 4.69) is 0 Å². The van der Waals surface area contributed by atoms with Crippen LogP contribution < -0.4 is 0 Å². The topological polar surface area (TPSA) is 29.5 Å². The molecule has 0 aromatic rings. The van der Waals surface area contributed by atoms with Crippen LogP contribution in [0.25, 0.3) is 0 Å². The second-order valence-electron chi connectivity index (χ2n) is 3.54. The smallest absolute Gasteiger partial charge is 0.0912 e. The zero-order valence-corrected chi connectivity index (χ0v) is 7.47. The first-order chi connectivity index (χ1) is 5.19. The molecule has 1 fully saturated rings. The summed E-state index contributed by atoms with van der Waals surface area (Å²) in [5.41, 5.74) is -0.257. The Hall–Kier alpha value is -0.0800. The maximum absolute atomic E-state index is 9.62. The number of hydrogen-bond donors (Lipinski definition) is 1. The molecular weight excluding hydrogens is 140 g/mol. The largest absolute Gasteiger partial charge is 0.390 e. The van der Waals surface area contributed by atoms with Crippen molar-refractivity contribution in [3.8, 4) is 0 Å². The van der Waals surface area contributed by atoms with Crippen molar-refractivity contribution in [3.05, 3.63) is 0 Å². The first-order valence-electron chi connectivity index (χ1n) is 4.51. The van der Waals surface area contributed by atoms with Gasteiger partial charge in [-0.15, -0.1) is 0 Å². The molecule has 0 radical (unpaired) electrons. The van der Waals surface area contributed by atoms with Crippen molar-refractivity contribution < 1.29 is 9.84 Å². The van der Waals surface area contributed by atoms with Crippen molar-refractivity contribution >= 4 is 0 Å². The Kier molecular flexibility index (Phi) is 2.90. The van der Waals surface area contributed by atoms with E-state index in [0.717, 1.165) is 25.9 Å². The van der Waals surface area contributed by atoms with Gasteiger partial charge >= 0.3 is 0 Å². The molecule has 0 amide bonds. The maximum atomic E-state index is 9.62. The molecule has 1 heterocycles. The van der Waals surface area contributed by atoms with Crippen molar-refractivity contribution in [2.24, 2.45) is 0 Å². The van der Waals surface area contributed by atoms with Crippen molar-refractivity contribution in [1.82, 2.24) is 0 Å². The molecule has 0 bridgehead atoms. The minimum atomic E-state index is -0.289. The lowest BCUT2D eigenvalue weighted by molar-refractivity contribution is -0.136. The van der Waals surface area contributed by atoms with Gasteiger partial charge in [-0.05, 0) is 32.6 Å². The van der Waals surface area contributed by atoms with E-state index >= 15 is 0 Å². The van der Waals surface area contributed by atoms with E-state index in [-0.39, 0.29) is 11.7 Å². The number of rotatable bonds is 2. The first kappa shape index (κ1) is 9.01. The van der Waals surface area contributed by atoms with E-state index in [1.807, 2.05) is 13.8 Å². The predicted molar refractivity (Wildman–Crippen MR) is 44.5 cm³/mol. The Labute approximate surface area is 68.6 Å². The molecule has 1 N–H and O–H groups in total. The number of aliphatic hydroxyl groups is 1. The lowest BCUT2D eigenvalue weighted by Crippen LogP contribution is -2.44. The molecule has 1 aliphatic rings. The Morgan fingerprint density at radius 1 is 1.55 bits per heavy atom. The minimum Gasteiger partial charge on any atom is -0.390 e. The SMILES string of the molecule is CCC(O)C1(C)CCCCO1. The zero-order valence-electron chi connectivity index (χ0n) is 7.47. The van der Waals surface area contributed by atoms with Crippen molar-refractivity contribution in [3.63, 3.8) is 0 Å². The maximum Gasteiger partial charge on any atom is 0.0912 e. The van der Waals surface area contributed by atoms with Crippen LogP contribution in [0.15, 0.2) is 0 Å². The van der Waals surface area contributed by atoms with Crippen LogP contribution in [0.5, 0.6) is 0 Å². The van der Waals surface area contributed by atoms with E-state index in [0.29, 0.717) is 0 Å². The summed E-state index contributed by atoms with van der Waals surface area (Å²) in [6.45, 7) is 4.82. The van der Waals surface area contributed by atoms with Gasteiger partial charge in [0.05, 0.1) is 11.7 Å². The Bertz CT molecular complexity index is 117. The number of aliphatic hydroxyl groups excluding tert-OH is 1. The van der Waals surface area contributed by atoms with Crippen LogP contribution in [0.1, 0.15) is 39.5 Å². The normalized spacial score (nSPS) is 35.2. The van der Waals surface area contributed by atoms with Gasteiger partial charge in [-0.1, -0.05) is 6.92 Å². The molecule has 2 heteroatoms. The Morgan fingerprint density at radius 2 is 2.27 bits per heavy atom. The minimum absolute atomic E-state index is 0.257. The molecule has 0 spiro atoms. The van der Waals surface area contributed by atoms with E-state index in [1.165, 1.54) is 6.42 Å². The highest BCUT2D eigenvalue weighted by Gasteiger charge is 2.34. The third-order valence-corrected chi connectivity index (χ3v) is 2.59. The Morgan fingerprint density at radius 3 is 2.73 bits per heavy atom. The van der Waals surface area contributed by atoms with Crippen LogP contribution in [0.2, 0.25) is 0 Å². The van der Waals surface area contributed by atoms with Crippen LogP contribution in [-0.2, 0) is 4.74 Å². The third kappa shape index (κ3) is 1.94. The lowest BCUT2D eigenvalue weighted by Gasteiger charge is -2.37. The monoisotopic (exact) mass is 158 g/mol. The highest BCUT2D eigenvalue weighted by Crippen LogP contribution is 2.28. The van der Waals surface area contributed by atoms with Crippen LogP contribution >= 0.6 is 0 Å². The fourth-order valence-corrected chi connectivity index (χ4v) is 1.65.